The van der Waals surface area contributed by atoms with Crippen molar-refractivity contribution in [2.75, 3.05) is 20.3 Å². The van der Waals surface area contributed by atoms with Crippen LogP contribution in [-0.2, 0) is 4.74 Å². The Morgan fingerprint density at radius 1 is 1.11 bits per heavy atom. The highest BCUT2D eigenvalue weighted by molar-refractivity contribution is 6.08. The van der Waals surface area contributed by atoms with Gasteiger partial charge in [0, 0.05) is 19.5 Å². The monoisotopic (exact) mass is 258 g/mol. The van der Waals surface area contributed by atoms with Gasteiger partial charge in [0.25, 0.3) is 0 Å². The van der Waals surface area contributed by atoms with Crippen LogP contribution in [0.15, 0.2) is 42.7 Å². The minimum atomic E-state index is -0.256. The largest absolute Gasteiger partial charge is 0.490 e. The fraction of sp³-hybridized carbons (Fsp3) is 0.214. The van der Waals surface area contributed by atoms with Crippen LogP contribution in [0.25, 0.3) is 0 Å². The third-order valence-corrected chi connectivity index (χ3v) is 2.45. The fourth-order valence-corrected chi connectivity index (χ4v) is 1.55. The summed E-state index contributed by atoms with van der Waals surface area (Å²) in [6.07, 6.45) is 3.07. The van der Waals surface area contributed by atoms with Crippen LogP contribution in [0, 0.1) is 0 Å². The Hall–Kier alpha value is -2.27. The molecule has 0 unspecified atom stereocenters. The predicted molar refractivity (Wildman–Crippen MR) is 69.3 cm³/mol. The molecule has 2 rings (SSSR count). The molecule has 5 nitrogen and oxygen atoms in total. The number of benzene rings is 1. The lowest BCUT2D eigenvalue weighted by Crippen LogP contribution is -2.11. The van der Waals surface area contributed by atoms with Crippen LogP contribution in [0.3, 0.4) is 0 Å². The summed E-state index contributed by atoms with van der Waals surface area (Å²) in [7, 11) is 1.60. The summed E-state index contributed by atoms with van der Waals surface area (Å²) in [4.78, 5) is 20.2. The van der Waals surface area contributed by atoms with Gasteiger partial charge in [-0.05, 0) is 18.2 Å². The third kappa shape index (κ3) is 3.35. The van der Waals surface area contributed by atoms with Crippen molar-refractivity contribution < 1.29 is 14.3 Å². The molecule has 0 radical (unpaired) electrons. The van der Waals surface area contributed by atoms with Crippen LogP contribution in [0.1, 0.15) is 16.2 Å². The zero-order valence-electron chi connectivity index (χ0n) is 10.6. The summed E-state index contributed by atoms with van der Waals surface area (Å²) in [5, 5.41) is 0. The average Bonchev–Trinajstić information content (AvgIpc) is 2.48. The maximum Gasteiger partial charge on any atom is 0.233 e. The van der Waals surface area contributed by atoms with Gasteiger partial charge in [0.05, 0.1) is 12.2 Å². The first-order valence-electron chi connectivity index (χ1n) is 5.85. The first-order chi connectivity index (χ1) is 9.33. The molecule has 5 heteroatoms. The molecule has 0 N–H and O–H groups in total. The Labute approximate surface area is 111 Å². The summed E-state index contributed by atoms with van der Waals surface area (Å²) >= 11 is 0. The van der Waals surface area contributed by atoms with Gasteiger partial charge in [0.1, 0.15) is 12.4 Å². The van der Waals surface area contributed by atoms with Crippen LogP contribution >= 0.6 is 0 Å². The standard InChI is InChI=1S/C14H14N2O3/c1-18-9-10-19-12-6-3-2-5-11(12)13(17)14-15-7-4-8-16-14/h2-8H,9-10H2,1H3. The van der Waals surface area contributed by atoms with Crippen LogP contribution in [0.2, 0.25) is 0 Å². The van der Waals surface area contributed by atoms with E-state index in [0.717, 1.165) is 0 Å². The molecule has 0 fully saturated rings. The van der Waals surface area contributed by atoms with Gasteiger partial charge in [-0.3, -0.25) is 4.79 Å². The lowest BCUT2D eigenvalue weighted by atomic mass is 10.1. The molecule has 19 heavy (non-hydrogen) atoms. The average molecular weight is 258 g/mol. The molecule has 0 amide bonds. The van der Waals surface area contributed by atoms with E-state index in [-0.39, 0.29) is 11.6 Å². The van der Waals surface area contributed by atoms with Crippen molar-refractivity contribution in [2.45, 2.75) is 0 Å². The second kappa shape index (κ2) is 6.61. The van der Waals surface area contributed by atoms with Gasteiger partial charge >= 0.3 is 0 Å². The smallest absolute Gasteiger partial charge is 0.233 e. The van der Waals surface area contributed by atoms with Crippen LogP contribution < -0.4 is 4.74 Å². The minimum absolute atomic E-state index is 0.158. The summed E-state index contributed by atoms with van der Waals surface area (Å²) < 4.78 is 10.4. The van der Waals surface area contributed by atoms with E-state index < -0.39 is 0 Å². The number of nitrogens with zero attached hydrogens (tertiary/aromatic N) is 2. The van der Waals surface area contributed by atoms with E-state index in [4.69, 9.17) is 9.47 Å². The Kier molecular flexibility index (Phi) is 4.58. The van der Waals surface area contributed by atoms with Gasteiger partial charge in [-0.15, -0.1) is 0 Å². The quantitative estimate of drug-likeness (QED) is 0.583. The number of carbonyl (C=O) groups is 1. The lowest BCUT2D eigenvalue weighted by molar-refractivity contribution is 0.102. The number of aromatic nitrogens is 2. The van der Waals surface area contributed by atoms with Crippen molar-refractivity contribution in [1.82, 2.24) is 9.97 Å². The van der Waals surface area contributed by atoms with E-state index in [2.05, 4.69) is 9.97 Å². The predicted octanol–water partition coefficient (Wildman–Crippen LogP) is 1.73. The second-order valence-electron chi connectivity index (χ2n) is 3.74. The van der Waals surface area contributed by atoms with E-state index in [1.54, 1.807) is 31.4 Å². The number of para-hydroxylation sites is 1. The normalized spacial score (nSPS) is 10.2. The van der Waals surface area contributed by atoms with Gasteiger partial charge in [0.2, 0.25) is 11.6 Å². The molecule has 0 saturated carbocycles. The lowest BCUT2D eigenvalue weighted by Gasteiger charge is -2.09. The minimum Gasteiger partial charge on any atom is -0.490 e. The van der Waals surface area contributed by atoms with Crippen LogP contribution in [-0.4, -0.2) is 36.1 Å². The summed E-state index contributed by atoms with van der Waals surface area (Å²) in [5.74, 6) is 0.413. The van der Waals surface area contributed by atoms with Crippen molar-refractivity contribution in [3.8, 4) is 5.75 Å². The summed E-state index contributed by atoms with van der Waals surface area (Å²) in [5.41, 5.74) is 0.449. The van der Waals surface area contributed by atoms with E-state index >= 15 is 0 Å². The molecule has 0 aliphatic carbocycles. The topological polar surface area (TPSA) is 61.3 Å². The maximum absolute atomic E-state index is 12.3. The van der Waals surface area contributed by atoms with Crippen molar-refractivity contribution in [3.63, 3.8) is 0 Å². The summed E-state index contributed by atoms with van der Waals surface area (Å²) in [6.45, 7) is 0.848. The number of hydrogen-bond donors (Lipinski definition) is 0. The number of carbonyl (C=O) groups excluding carboxylic acids is 1. The second-order valence-corrected chi connectivity index (χ2v) is 3.74. The maximum atomic E-state index is 12.3. The van der Waals surface area contributed by atoms with Crippen LogP contribution in [0.4, 0.5) is 0 Å². The molecule has 0 atom stereocenters. The van der Waals surface area contributed by atoms with E-state index in [1.165, 1.54) is 12.4 Å². The van der Waals surface area contributed by atoms with Crippen molar-refractivity contribution in [1.29, 1.82) is 0 Å². The van der Waals surface area contributed by atoms with Crippen molar-refractivity contribution >= 4 is 5.78 Å². The number of ketones is 1. The Bertz CT molecular complexity index is 543. The molecule has 98 valence electrons. The highest BCUT2D eigenvalue weighted by Crippen LogP contribution is 2.20. The fourth-order valence-electron chi connectivity index (χ4n) is 1.55. The SMILES string of the molecule is COCCOc1ccccc1C(=O)c1ncccn1. The van der Waals surface area contributed by atoms with Crippen molar-refractivity contribution in [2.24, 2.45) is 0 Å². The number of methoxy groups -OCH3 is 1. The number of ether oxygens (including phenoxy) is 2. The molecule has 0 aliphatic heterocycles. The molecule has 0 bridgehead atoms. The van der Waals surface area contributed by atoms with Gasteiger partial charge in [-0.2, -0.15) is 0 Å². The molecule has 1 aromatic carbocycles. The highest BCUT2D eigenvalue weighted by atomic mass is 16.5. The van der Waals surface area contributed by atoms with Crippen LogP contribution in [0.5, 0.6) is 5.75 Å². The van der Waals surface area contributed by atoms with Gasteiger partial charge < -0.3 is 9.47 Å². The summed E-state index contributed by atoms with van der Waals surface area (Å²) in [6, 6.07) is 8.69. The zero-order valence-corrected chi connectivity index (χ0v) is 10.6. The molecule has 0 spiro atoms. The first kappa shape index (κ1) is 13.2. The molecule has 0 aliphatic rings. The van der Waals surface area contributed by atoms with Gasteiger partial charge in [-0.1, -0.05) is 12.1 Å². The molecule has 1 heterocycles. The number of hydrogen-bond acceptors (Lipinski definition) is 5. The van der Waals surface area contributed by atoms with E-state index in [9.17, 15) is 4.79 Å². The highest BCUT2D eigenvalue weighted by Gasteiger charge is 2.16. The number of rotatable bonds is 6. The first-order valence-corrected chi connectivity index (χ1v) is 5.85. The Morgan fingerprint density at radius 3 is 2.58 bits per heavy atom. The molecular weight excluding hydrogens is 244 g/mol. The molecule has 0 saturated heterocycles. The van der Waals surface area contributed by atoms with E-state index in [1.807, 2.05) is 6.07 Å². The van der Waals surface area contributed by atoms with E-state index in [0.29, 0.717) is 24.5 Å². The molecule has 2 aromatic rings. The molecular formula is C14H14N2O3. The third-order valence-electron chi connectivity index (χ3n) is 2.45. The Morgan fingerprint density at radius 2 is 1.84 bits per heavy atom. The molecule has 1 aromatic heterocycles. The van der Waals surface area contributed by atoms with Crippen molar-refractivity contribution in [3.05, 3.63) is 54.1 Å². The van der Waals surface area contributed by atoms with Gasteiger partial charge in [-0.25, -0.2) is 9.97 Å². The van der Waals surface area contributed by atoms with Gasteiger partial charge in [0.15, 0.2) is 0 Å². The zero-order chi connectivity index (χ0) is 13.5. The Balaban J connectivity index is 2.22.